The number of fused-ring (bicyclic) bond motifs is 1. The lowest BCUT2D eigenvalue weighted by Crippen LogP contribution is -2.56. The van der Waals surface area contributed by atoms with E-state index in [4.69, 9.17) is 0 Å². The van der Waals surface area contributed by atoms with E-state index in [0.717, 1.165) is 31.7 Å². The first-order valence-electron chi connectivity index (χ1n) is 9.64. The van der Waals surface area contributed by atoms with Gasteiger partial charge >= 0.3 is 0 Å². The van der Waals surface area contributed by atoms with Crippen LogP contribution in [0, 0.1) is 0 Å². The van der Waals surface area contributed by atoms with Gasteiger partial charge in [-0.25, -0.2) is 0 Å². The minimum atomic E-state index is 0.216. The zero-order chi connectivity index (χ0) is 16.4. The highest BCUT2D eigenvalue weighted by atomic mass is 16.2. The lowest BCUT2D eigenvalue weighted by molar-refractivity contribution is 0.0372. The molecule has 0 aromatic heterocycles. The number of benzene rings is 1. The van der Waals surface area contributed by atoms with E-state index in [-0.39, 0.29) is 5.91 Å². The number of piperazine rings is 1. The van der Waals surface area contributed by atoms with Crippen LogP contribution >= 0.6 is 0 Å². The van der Waals surface area contributed by atoms with Crippen LogP contribution in [0.4, 0.5) is 0 Å². The first-order valence-corrected chi connectivity index (χ1v) is 9.64. The van der Waals surface area contributed by atoms with Gasteiger partial charge in [-0.2, -0.15) is 0 Å². The van der Waals surface area contributed by atoms with Gasteiger partial charge in [-0.3, -0.25) is 14.6 Å². The van der Waals surface area contributed by atoms with Crippen LogP contribution in [-0.2, 0) is 6.54 Å². The quantitative estimate of drug-likeness (QED) is 0.854. The number of likely N-dealkylation sites (tertiary alicyclic amines) is 1. The van der Waals surface area contributed by atoms with E-state index in [2.05, 4.69) is 26.8 Å². The van der Waals surface area contributed by atoms with Crippen LogP contribution in [0.5, 0.6) is 0 Å². The van der Waals surface area contributed by atoms with Crippen molar-refractivity contribution in [1.29, 1.82) is 0 Å². The fourth-order valence-electron chi connectivity index (χ4n) is 4.47. The highest BCUT2D eigenvalue weighted by Gasteiger charge is 2.31. The van der Waals surface area contributed by atoms with Crippen LogP contribution in [0.1, 0.15) is 48.0 Å². The van der Waals surface area contributed by atoms with E-state index in [9.17, 15) is 4.79 Å². The Morgan fingerprint density at radius 1 is 0.917 bits per heavy atom. The summed E-state index contributed by atoms with van der Waals surface area (Å²) in [5.41, 5.74) is 2.18. The van der Waals surface area contributed by atoms with Crippen LogP contribution in [0.2, 0.25) is 0 Å². The van der Waals surface area contributed by atoms with Crippen molar-refractivity contribution in [3.63, 3.8) is 0 Å². The number of hydrogen-bond acceptors (Lipinski definition) is 3. The molecular weight excluding hydrogens is 298 g/mol. The number of carbonyl (C=O) groups excluding carboxylic acids is 1. The fraction of sp³-hybridized carbons (Fsp3) is 0.650. The summed E-state index contributed by atoms with van der Waals surface area (Å²) < 4.78 is 0. The summed E-state index contributed by atoms with van der Waals surface area (Å²) in [5.74, 6) is 0.216. The molecule has 3 aliphatic heterocycles. The third kappa shape index (κ3) is 3.50. The molecule has 0 aliphatic carbocycles. The van der Waals surface area contributed by atoms with Crippen molar-refractivity contribution in [3.8, 4) is 0 Å². The standard InChI is InChI=1S/C20H29N3O/c24-20(23-14-13-22-12-2-1-5-19(22)16-23)18-8-6-17(7-9-18)15-21-10-3-4-11-21/h6-9,19H,1-5,10-16H2. The molecule has 1 atom stereocenters. The minimum absolute atomic E-state index is 0.216. The highest BCUT2D eigenvalue weighted by Crippen LogP contribution is 2.22. The summed E-state index contributed by atoms with van der Waals surface area (Å²) in [6, 6.07) is 8.93. The summed E-state index contributed by atoms with van der Waals surface area (Å²) in [7, 11) is 0. The van der Waals surface area contributed by atoms with Gasteiger partial charge in [0, 0.05) is 37.8 Å². The smallest absolute Gasteiger partial charge is 0.253 e. The van der Waals surface area contributed by atoms with Crippen molar-refractivity contribution in [2.24, 2.45) is 0 Å². The molecule has 4 nitrogen and oxygen atoms in total. The van der Waals surface area contributed by atoms with E-state index in [1.54, 1.807) is 0 Å². The number of rotatable bonds is 3. The highest BCUT2D eigenvalue weighted by molar-refractivity contribution is 5.94. The molecule has 1 aromatic carbocycles. The van der Waals surface area contributed by atoms with Crippen molar-refractivity contribution in [1.82, 2.24) is 14.7 Å². The third-order valence-corrected chi connectivity index (χ3v) is 5.93. The van der Waals surface area contributed by atoms with Gasteiger partial charge < -0.3 is 4.90 Å². The molecule has 0 bridgehead atoms. The van der Waals surface area contributed by atoms with Gasteiger partial charge in [-0.1, -0.05) is 18.6 Å². The zero-order valence-electron chi connectivity index (χ0n) is 14.6. The molecule has 0 spiro atoms. The zero-order valence-corrected chi connectivity index (χ0v) is 14.6. The van der Waals surface area contributed by atoms with Crippen molar-refractivity contribution in [2.75, 3.05) is 39.3 Å². The second-order valence-electron chi connectivity index (χ2n) is 7.62. The Morgan fingerprint density at radius 2 is 1.67 bits per heavy atom. The largest absolute Gasteiger partial charge is 0.336 e. The Balaban J connectivity index is 1.37. The Hall–Kier alpha value is -1.39. The first kappa shape index (κ1) is 16.1. The lowest BCUT2D eigenvalue weighted by Gasteiger charge is -2.44. The molecule has 3 aliphatic rings. The van der Waals surface area contributed by atoms with Crippen LogP contribution in [0.15, 0.2) is 24.3 Å². The van der Waals surface area contributed by atoms with Gasteiger partial charge in [0.15, 0.2) is 0 Å². The monoisotopic (exact) mass is 327 g/mol. The Kier molecular flexibility index (Phi) is 4.86. The van der Waals surface area contributed by atoms with Gasteiger partial charge in [-0.15, -0.1) is 0 Å². The average molecular weight is 327 g/mol. The molecule has 0 N–H and O–H groups in total. The minimum Gasteiger partial charge on any atom is -0.336 e. The van der Waals surface area contributed by atoms with E-state index in [1.807, 2.05) is 12.1 Å². The van der Waals surface area contributed by atoms with E-state index < -0.39 is 0 Å². The van der Waals surface area contributed by atoms with Gasteiger partial charge in [0.05, 0.1) is 0 Å². The molecule has 3 saturated heterocycles. The van der Waals surface area contributed by atoms with E-state index in [1.165, 1.54) is 57.3 Å². The normalized spacial score (nSPS) is 25.7. The second kappa shape index (κ2) is 7.24. The predicted molar refractivity (Wildman–Crippen MR) is 96.1 cm³/mol. The van der Waals surface area contributed by atoms with Crippen molar-refractivity contribution in [2.45, 2.75) is 44.7 Å². The van der Waals surface area contributed by atoms with Crippen LogP contribution in [0.25, 0.3) is 0 Å². The van der Waals surface area contributed by atoms with Crippen LogP contribution < -0.4 is 0 Å². The van der Waals surface area contributed by atoms with E-state index in [0.29, 0.717) is 6.04 Å². The molecule has 1 aromatic rings. The van der Waals surface area contributed by atoms with Gasteiger partial charge in [0.2, 0.25) is 0 Å². The maximum atomic E-state index is 12.8. The van der Waals surface area contributed by atoms with Crippen molar-refractivity contribution < 1.29 is 4.79 Å². The Morgan fingerprint density at radius 3 is 2.46 bits per heavy atom. The molecule has 1 amide bonds. The molecule has 3 fully saturated rings. The molecule has 4 rings (SSSR count). The molecular formula is C20H29N3O. The summed E-state index contributed by atoms with van der Waals surface area (Å²) in [6.07, 6.45) is 6.53. The van der Waals surface area contributed by atoms with Crippen molar-refractivity contribution >= 4 is 5.91 Å². The number of nitrogens with zero attached hydrogens (tertiary/aromatic N) is 3. The molecule has 0 saturated carbocycles. The number of amides is 1. The number of carbonyl (C=O) groups is 1. The lowest BCUT2D eigenvalue weighted by atomic mass is 9.99. The summed E-state index contributed by atoms with van der Waals surface area (Å²) >= 11 is 0. The molecule has 3 heterocycles. The fourth-order valence-corrected chi connectivity index (χ4v) is 4.47. The maximum absolute atomic E-state index is 12.8. The predicted octanol–water partition coefficient (Wildman–Crippen LogP) is 2.59. The molecule has 130 valence electrons. The van der Waals surface area contributed by atoms with Crippen molar-refractivity contribution in [3.05, 3.63) is 35.4 Å². The summed E-state index contributed by atoms with van der Waals surface area (Å²) in [6.45, 7) is 7.51. The number of piperidine rings is 1. The summed E-state index contributed by atoms with van der Waals surface area (Å²) in [5, 5.41) is 0. The second-order valence-corrected chi connectivity index (χ2v) is 7.62. The SMILES string of the molecule is O=C(c1ccc(CN2CCCC2)cc1)N1CCN2CCCCC2C1. The third-order valence-electron chi connectivity index (χ3n) is 5.93. The maximum Gasteiger partial charge on any atom is 0.253 e. The Labute approximate surface area is 145 Å². The van der Waals surface area contributed by atoms with Gasteiger partial charge in [0.1, 0.15) is 0 Å². The molecule has 0 radical (unpaired) electrons. The Bertz CT molecular complexity index is 565. The summed E-state index contributed by atoms with van der Waals surface area (Å²) in [4.78, 5) is 20.0. The molecule has 1 unspecified atom stereocenters. The topological polar surface area (TPSA) is 26.8 Å². The van der Waals surface area contributed by atoms with E-state index >= 15 is 0 Å². The first-order chi connectivity index (χ1) is 11.8. The molecule has 4 heteroatoms. The molecule has 24 heavy (non-hydrogen) atoms. The van der Waals surface area contributed by atoms with Crippen LogP contribution in [0.3, 0.4) is 0 Å². The van der Waals surface area contributed by atoms with Gasteiger partial charge in [0.25, 0.3) is 5.91 Å². The van der Waals surface area contributed by atoms with Crippen LogP contribution in [-0.4, -0.2) is 65.9 Å². The average Bonchev–Trinajstić information content (AvgIpc) is 3.14. The number of hydrogen-bond donors (Lipinski definition) is 0. The van der Waals surface area contributed by atoms with Gasteiger partial charge in [-0.05, 0) is 63.0 Å².